The van der Waals surface area contributed by atoms with Crippen LogP contribution in [0.5, 0.6) is 5.75 Å². The highest BCUT2D eigenvalue weighted by Crippen LogP contribution is 2.25. The predicted octanol–water partition coefficient (Wildman–Crippen LogP) is 1.07. The molecule has 0 aromatic heterocycles. The van der Waals surface area contributed by atoms with Gasteiger partial charge in [0.2, 0.25) is 5.91 Å². The average Bonchev–Trinajstić information content (AvgIpc) is 2.70. The van der Waals surface area contributed by atoms with Crippen LogP contribution in [0, 0.1) is 5.92 Å². The highest BCUT2D eigenvalue weighted by atomic mass is 32.2. The number of anilines is 1. The number of sulfone groups is 1. The Morgan fingerprint density at radius 3 is 2.72 bits per heavy atom. The van der Waals surface area contributed by atoms with Crippen molar-refractivity contribution in [1.29, 1.82) is 0 Å². The smallest absolute Gasteiger partial charge is 0.228 e. The van der Waals surface area contributed by atoms with Crippen LogP contribution in [0.25, 0.3) is 0 Å². The van der Waals surface area contributed by atoms with Gasteiger partial charge in [0.05, 0.1) is 30.2 Å². The minimum atomic E-state index is -3.04. The molecule has 0 spiro atoms. The van der Waals surface area contributed by atoms with Gasteiger partial charge >= 0.3 is 0 Å². The second kappa shape index (κ2) is 4.97. The minimum absolute atomic E-state index is 0.0615. The molecule has 1 aliphatic rings. The maximum Gasteiger partial charge on any atom is 0.228 e. The summed E-state index contributed by atoms with van der Waals surface area (Å²) in [6, 6.07) is 7.04. The zero-order valence-corrected chi connectivity index (χ0v) is 10.9. The Hall–Kier alpha value is -1.56. The van der Waals surface area contributed by atoms with Crippen molar-refractivity contribution in [1.82, 2.24) is 0 Å². The molecule has 98 valence electrons. The lowest BCUT2D eigenvalue weighted by atomic mass is 10.1. The number of benzene rings is 1. The second-order valence-electron chi connectivity index (χ2n) is 4.29. The van der Waals surface area contributed by atoms with Crippen LogP contribution in [0.3, 0.4) is 0 Å². The van der Waals surface area contributed by atoms with Crippen LogP contribution in [0.1, 0.15) is 6.42 Å². The number of hydrogen-bond donors (Lipinski definition) is 1. The summed E-state index contributed by atoms with van der Waals surface area (Å²) in [4.78, 5) is 11.9. The van der Waals surface area contributed by atoms with Crippen LogP contribution in [0.15, 0.2) is 24.3 Å². The van der Waals surface area contributed by atoms with E-state index >= 15 is 0 Å². The zero-order chi connectivity index (χ0) is 13.2. The Morgan fingerprint density at radius 2 is 2.11 bits per heavy atom. The van der Waals surface area contributed by atoms with Gasteiger partial charge in [-0.05, 0) is 18.6 Å². The van der Waals surface area contributed by atoms with Gasteiger partial charge < -0.3 is 10.1 Å². The van der Waals surface area contributed by atoms with E-state index in [9.17, 15) is 13.2 Å². The van der Waals surface area contributed by atoms with Crippen molar-refractivity contribution in [2.75, 3.05) is 23.9 Å². The zero-order valence-electron chi connectivity index (χ0n) is 10.0. The number of hydrogen-bond acceptors (Lipinski definition) is 4. The molecule has 1 aliphatic heterocycles. The van der Waals surface area contributed by atoms with E-state index in [4.69, 9.17) is 4.74 Å². The van der Waals surface area contributed by atoms with Crippen molar-refractivity contribution in [2.45, 2.75) is 6.42 Å². The third-order valence-electron chi connectivity index (χ3n) is 2.97. The third-order valence-corrected chi connectivity index (χ3v) is 4.74. The number of carbonyl (C=O) groups is 1. The molecule has 0 radical (unpaired) electrons. The Labute approximate surface area is 106 Å². The molecule has 6 heteroatoms. The van der Waals surface area contributed by atoms with Gasteiger partial charge in [-0.25, -0.2) is 8.42 Å². The van der Waals surface area contributed by atoms with Gasteiger partial charge in [-0.3, -0.25) is 4.79 Å². The minimum Gasteiger partial charge on any atom is -0.495 e. The quantitative estimate of drug-likeness (QED) is 0.891. The van der Waals surface area contributed by atoms with E-state index in [1.165, 1.54) is 7.11 Å². The second-order valence-corrected chi connectivity index (χ2v) is 6.52. The molecule has 1 amide bonds. The maximum absolute atomic E-state index is 11.9. The fourth-order valence-corrected chi connectivity index (χ4v) is 3.73. The number of rotatable bonds is 3. The molecule has 1 aromatic carbocycles. The molecule has 1 atom stereocenters. The van der Waals surface area contributed by atoms with Gasteiger partial charge in [0.1, 0.15) is 5.75 Å². The van der Waals surface area contributed by atoms with Gasteiger partial charge in [-0.1, -0.05) is 12.1 Å². The summed E-state index contributed by atoms with van der Waals surface area (Å²) in [6.45, 7) is 0. The van der Waals surface area contributed by atoms with E-state index < -0.39 is 15.8 Å². The Bertz CT molecular complexity index is 553. The van der Waals surface area contributed by atoms with Crippen LogP contribution in [0.4, 0.5) is 5.69 Å². The number of nitrogens with one attached hydrogen (secondary N) is 1. The molecule has 5 nitrogen and oxygen atoms in total. The average molecular weight is 269 g/mol. The summed E-state index contributed by atoms with van der Waals surface area (Å²) in [5, 5.41) is 2.71. The van der Waals surface area contributed by atoms with E-state index in [0.29, 0.717) is 17.9 Å². The van der Waals surface area contributed by atoms with Crippen LogP contribution in [-0.2, 0) is 14.6 Å². The van der Waals surface area contributed by atoms with Crippen LogP contribution in [-0.4, -0.2) is 32.9 Å². The molecule has 1 unspecified atom stereocenters. The number of para-hydroxylation sites is 2. The SMILES string of the molecule is COc1ccccc1NC(=O)C1CCS(=O)(=O)C1. The Balaban J connectivity index is 2.08. The van der Waals surface area contributed by atoms with E-state index in [0.717, 1.165) is 0 Å². The monoisotopic (exact) mass is 269 g/mol. The van der Waals surface area contributed by atoms with Crippen molar-refractivity contribution in [3.8, 4) is 5.75 Å². The lowest BCUT2D eigenvalue weighted by Crippen LogP contribution is -2.23. The predicted molar refractivity (Wildman–Crippen MR) is 68.4 cm³/mol. The number of carbonyl (C=O) groups excluding carboxylic acids is 1. The summed E-state index contributed by atoms with van der Waals surface area (Å²) in [6.07, 6.45) is 0.392. The molecule has 0 aliphatic carbocycles. The van der Waals surface area contributed by atoms with E-state index in [1.54, 1.807) is 24.3 Å². The third kappa shape index (κ3) is 2.81. The molecule has 1 fully saturated rings. The van der Waals surface area contributed by atoms with Crippen molar-refractivity contribution < 1.29 is 17.9 Å². The summed E-state index contributed by atoms with van der Waals surface area (Å²) >= 11 is 0. The van der Waals surface area contributed by atoms with Crippen molar-refractivity contribution in [2.24, 2.45) is 5.92 Å². The number of ether oxygens (including phenoxy) is 1. The van der Waals surface area contributed by atoms with Gasteiger partial charge in [0, 0.05) is 0 Å². The highest BCUT2D eigenvalue weighted by molar-refractivity contribution is 7.91. The number of amides is 1. The first-order chi connectivity index (χ1) is 8.52. The van der Waals surface area contributed by atoms with Crippen molar-refractivity contribution >= 4 is 21.4 Å². The van der Waals surface area contributed by atoms with Crippen molar-refractivity contribution in [3.05, 3.63) is 24.3 Å². The van der Waals surface area contributed by atoms with Crippen LogP contribution < -0.4 is 10.1 Å². The first-order valence-corrected chi connectivity index (χ1v) is 7.48. The highest BCUT2D eigenvalue weighted by Gasteiger charge is 2.33. The fourth-order valence-electron chi connectivity index (χ4n) is 1.98. The van der Waals surface area contributed by atoms with Crippen LogP contribution >= 0.6 is 0 Å². The molecular weight excluding hydrogens is 254 g/mol. The van der Waals surface area contributed by atoms with Gasteiger partial charge in [-0.15, -0.1) is 0 Å². The van der Waals surface area contributed by atoms with Gasteiger partial charge in [-0.2, -0.15) is 0 Å². The van der Waals surface area contributed by atoms with Crippen molar-refractivity contribution in [3.63, 3.8) is 0 Å². The van der Waals surface area contributed by atoms with Gasteiger partial charge in [0.15, 0.2) is 9.84 Å². The molecule has 1 saturated heterocycles. The topological polar surface area (TPSA) is 72.5 Å². The summed E-state index contributed by atoms with van der Waals surface area (Å²) < 4.78 is 27.7. The van der Waals surface area contributed by atoms with Crippen LogP contribution in [0.2, 0.25) is 0 Å². The lowest BCUT2D eigenvalue weighted by molar-refractivity contribution is -0.119. The molecule has 2 rings (SSSR count). The van der Waals surface area contributed by atoms with Gasteiger partial charge in [0.25, 0.3) is 0 Å². The Kier molecular flexibility index (Phi) is 3.56. The van der Waals surface area contributed by atoms with E-state index in [1.807, 2.05) is 0 Å². The molecule has 1 aromatic rings. The molecule has 0 bridgehead atoms. The maximum atomic E-state index is 11.9. The molecule has 0 saturated carbocycles. The molecule has 1 heterocycles. The standard InChI is InChI=1S/C12H15NO4S/c1-17-11-5-3-2-4-10(11)13-12(14)9-6-7-18(15,16)8-9/h2-5,9H,6-8H2,1H3,(H,13,14). The molecule has 18 heavy (non-hydrogen) atoms. The van der Waals surface area contributed by atoms with E-state index in [-0.39, 0.29) is 17.4 Å². The normalized spacial score (nSPS) is 21.5. The fraction of sp³-hybridized carbons (Fsp3) is 0.417. The molecular formula is C12H15NO4S. The summed E-state index contributed by atoms with van der Waals surface area (Å²) in [7, 11) is -1.52. The first-order valence-electron chi connectivity index (χ1n) is 5.66. The molecule has 1 N–H and O–H groups in total. The Morgan fingerprint density at radius 1 is 1.39 bits per heavy atom. The largest absolute Gasteiger partial charge is 0.495 e. The summed E-state index contributed by atoms with van der Waals surface area (Å²) in [5.74, 6) is -0.127. The summed E-state index contributed by atoms with van der Waals surface area (Å²) in [5.41, 5.74) is 0.564. The van der Waals surface area contributed by atoms with E-state index in [2.05, 4.69) is 5.32 Å². The first kappa shape index (κ1) is 12.9. The number of methoxy groups -OCH3 is 1. The lowest BCUT2D eigenvalue weighted by Gasteiger charge is -2.12.